The first-order chi connectivity index (χ1) is 11.6. The maximum absolute atomic E-state index is 11.8. The van der Waals surface area contributed by atoms with Gasteiger partial charge in [-0.25, -0.2) is 0 Å². The number of hydrogen-bond acceptors (Lipinski definition) is 5. The van der Waals surface area contributed by atoms with E-state index in [2.05, 4.69) is 44.7 Å². The van der Waals surface area contributed by atoms with E-state index in [0.717, 1.165) is 32.7 Å². The van der Waals surface area contributed by atoms with E-state index in [4.69, 9.17) is 5.73 Å². The normalized spacial score (nSPS) is 14.7. The van der Waals surface area contributed by atoms with Gasteiger partial charge in [-0.1, -0.05) is 18.2 Å². The molecule has 2 amide bonds. The van der Waals surface area contributed by atoms with Crippen LogP contribution in [-0.4, -0.2) is 68.6 Å². The lowest BCUT2D eigenvalue weighted by Gasteiger charge is -2.37. The fourth-order valence-corrected chi connectivity index (χ4v) is 2.84. The van der Waals surface area contributed by atoms with Crippen molar-refractivity contribution < 1.29 is 9.59 Å². The zero-order valence-corrected chi connectivity index (χ0v) is 17.9. The van der Waals surface area contributed by atoms with Crippen LogP contribution in [0.5, 0.6) is 0 Å². The highest BCUT2D eigenvalue weighted by Crippen LogP contribution is 2.15. The van der Waals surface area contributed by atoms with Crippen LogP contribution in [-0.2, 0) is 9.59 Å². The van der Waals surface area contributed by atoms with Gasteiger partial charge in [0, 0.05) is 44.5 Å². The molecule has 1 fully saturated rings. The van der Waals surface area contributed by atoms with Crippen molar-refractivity contribution in [3.05, 3.63) is 30.3 Å². The Balaban J connectivity index is 0. The van der Waals surface area contributed by atoms with Gasteiger partial charge in [0.1, 0.15) is 0 Å². The summed E-state index contributed by atoms with van der Waals surface area (Å²) in [6, 6.07) is 10.4. The van der Waals surface area contributed by atoms with Crippen molar-refractivity contribution in [2.45, 2.75) is 13.0 Å². The van der Waals surface area contributed by atoms with Crippen LogP contribution in [0.1, 0.15) is 6.92 Å². The summed E-state index contributed by atoms with van der Waals surface area (Å²) < 4.78 is 0. The maximum Gasteiger partial charge on any atom is 0.239 e. The van der Waals surface area contributed by atoms with E-state index < -0.39 is 0 Å². The molecule has 1 heterocycles. The molecule has 2 rings (SSSR count). The zero-order chi connectivity index (χ0) is 17.4. The van der Waals surface area contributed by atoms with Crippen LogP contribution in [0.15, 0.2) is 30.3 Å². The van der Waals surface area contributed by atoms with Gasteiger partial charge in [0.25, 0.3) is 0 Å². The second-order valence-corrected chi connectivity index (χ2v) is 6.07. The molecule has 4 N–H and O–H groups in total. The summed E-state index contributed by atoms with van der Waals surface area (Å²) in [7, 11) is 0. The van der Waals surface area contributed by atoms with Crippen molar-refractivity contribution in [1.82, 2.24) is 15.5 Å². The predicted octanol–water partition coefficient (Wildman–Crippen LogP) is 0.654. The van der Waals surface area contributed by atoms with E-state index in [1.54, 1.807) is 0 Å². The first kappa shape index (κ1) is 28.0. The first-order valence-electron chi connectivity index (χ1n) is 8.37. The Labute approximate surface area is 179 Å². The van der Waals surface area contributed by atoms with Crippen LogP contribution in [0.25, 0.3) is 0 Å². The van der Waals surface area contributed by atoms with Gasteiger partial charge < -0.3 is 21.3 Å². The van der Waals surface area contributed by atoms with Crippen LogP contribution in [0.3, 0.4) is 0 Å². The molecule has 0 saturated carbocycles. The molecular formula is C17H30Cl3N5O2. The maximum atomic E-state index is 11.8. The third-order valence-electron chi connectivity index (χ3n) is 4.06. The van der Waals surface area contributed by atoms with Crippen LogP contribution < -0.4 is 21.3 Å². The average molecular weight is 443 g/mol. The second-order valence-electron chi connectivity index (χ2n) is 6.07. The van der Waals surface area contributed by atoms with Crippen molar-refractivity contribution in [3.63, 3.8) is 0 Å². The van der Waals surface area contributed by atoms with Gasteiger partial charge in [-0.2, -0.15) is 0 Å². The monoisotopic (exact) mass is 441 g/mol. The van der Waals surface area contributed by atoms with Gasteiger partial charge in [-0.3, -0.25) is 14.5 Å². The summed E-state index contributed by atoms with van der Waals surface area (Å²) in [6.45, 7) is 6.56. The molecule has 1 aliphatic heterocycles. The van der Waals surface area contributed by atoms with Gasteiger partial charge in [0.2, 0.25) is 11.8 Å². The van der Waals surface area contributed by atoms with Crippen LogP contribution in [0.4, 0.5) is 5.69 Å². The summed E-state index contributed by atoms with van der Waals surface area (Å²) in [5.74, 6) is -0.512. The van der Waals surface area contributed by atoms with Gasteiger partial charge >= 0.3 is 0 Å². The van der Waals surface area contributed by atoms with E-state index in [1.165, 1.54) is 5.69 Å². The number of nitrogens with zero attached hydrogens (tertiary/aromatic N) is 2. The van der Waals surface area contributed by atoms with Crippen LogP contribution >= 0.6 is 37.2 Å². The average Bonchev–Trinajstić information content (AvgIpc) is 2.61. The molecule has 0 radical (unpaired) electrons. The number of carbonyl (C=O) groups is 2. The highest BCUT2D eigenvalue weighted by atomic mass is 35.5. The van der Waals surface area contributed by atoms with Crippen molar-refractivity contribution in [2.24, 2.45) is 5.73 Å². The van der Waals surface area contributed by atoms with Crippen LogP contribution in [0, 0.1) is 0 Å². The smallest absolute Gasteiger partial charge is 0.239 e. The number of amides is 2. The fraction of sp³-hybridized carbons (Fsp3) is 0.529. The Morgan fingerprint density at radius 1 is 1.04 bits per heavy atom. The molecule has 7 nitrogen and oxygen atoms in total. The summed E-state index contributed by atoms with van der Waals surface area (Å²) in [5.41, 5.74) is 6.44. The Morgan fingerprint density at radius 2 is 1.63 bits per heavy atom. The number of para-hydroxylation sites is 1. The number of piperazine rings is 1. The van der Waals surface area contributed by atoms with Gasteiger partial charge in [-0.05, 0) is 19.1 Å². The van der Waals surface area contributed by atoms with E-state index in [-0.39, 0.29) is 68.2 Å². The third-order valence-corrected chi connectivity index (χ3v) is 4.06. The molecule has 27 heavy (non-hydrogen) atoms. The quantitative estimate of drug-likeness (QED) is 0.577. The SMILES string of the molecule is CC(CN1CCN(c2ccccc2)CC1)NC(=O)CNC(=O)CN.Cl.Cl.Cl. The lowest BCUT2D eigenvalue weighted by molar-refractivity contribution is -0.125. The molecule has 1 aromatic carbocycles. The lowest BCUT2D eigenvalue weighted by atomic mass is 10.2. The standard InChI is InChI=1S/C17H27N5O2.3ClH/c1-14(20-17(24)12-19-16(23)11-18)13-21-7-9-22(10-8-21)15-5-3-2-4-6-15;;;/h2-6,14H,7-13,18H2,1H3,(H,19,23)(H,20,24);3*1H. The Kier molecular flexibility index (Phi) is 15.3. The van der Waals surface area contributed by atoms with Gasteiger partial charge in [-0.15, -0.1) is 37.2 Å². The number of benzene rings is 1. The third kappa shape index (κ3) is 10.0. The molecule has 1 saturated heterocycles. The summed E-state index contributed by atoms with van der Waals surface area (Å²) >= 11 is 0. The molecule has 10 heteroatoms. The highest BCUT2D eigenvalue weighted by Gasteiger charge is 2.19. The fourth-order valence-electron chi connectivity index (χ4n) is 2.84. The predicted molar refractivity (Wildman–Crippen MR) is 117 cm³/mol. The van der Waals surface area contributed by atoms with E-state index in [9.17, 15) is 9.59 Å². The molecule has 0 aliphatic carbocycles. The van der Waals surface area contributed by atoms with Crippen molar-refractivity contribution in [3.8, 4) is 0 Å². The Morgan fingerprint density at radius 3 is 2.19 bits per heavy atom. The number of rotatable bonds is 7. The molecule has 1 atom stereocenters. The molecule has 0 spiro atoms. The van der Waals surface area contributed by atoms with Gasteiger partial charge in [0.15, 0.2) is 0 Å². The number of hydrogen-bond donors (Lipinski definition) is 3. The molecule has 1 aromatic rings. The Hall–Kier alpha value is -1.25. The number of nitrogens with one attached hydrogen (secondary N) is 2. The Bertz CT molecular complexity index is 543. The minimum atomic E-state index is -0.324. The number of halogens is 3. The molecule has 1 unspecified atom stereocenters. The lowest BCUT2D eigenvalue weighted by Crippen LogP contribution is -2.51. The van der Waals surface area contributed by atoms with Crippen molar-refractivity contribution in [1.29, 1.82) is 0 Å². The second kappa shape index (κ2) is 14.8. The van der Waals surface area contributed by atoms with Crippen molar-refractivity contribution in [2.75, 3.05) is 50.7 Å². The number of carbonyl (C=O) groups excluding carboxylic acids is 2. The first-order valence-corrected chi connectivity index (χ1v) is 8.37. The summed E-state index contributed by atoms with van der Waals surface area (Å²) in [5, 5.41) is 5.37. The number of anilines is 1. The van der Waals surface area contributed by atoms with Crippen molar-refractivity contribution >= 4 is 54.7 Å². The minimum absolute atomic E-state index is 0. The summed E-state index contributed by atoms with van der Waals surface area (Å²) in [4.78, 5) is 27.5. The largest absolute Gasteiger partial charge is 0.369 e. The number of nitrogens with two attached hydrogens (primary N) is 1. The highest BCUT2D eigenvalue weighted by molar-refractivity contribution is 5.86. The van der Waals surface area contributed by atoms with E-state index in [0.29, 0.717) is 0 Å². The molecule has 1 aliphatic rings. The molecular weight excluding hydrogens is 413 g/mol. The van der Waals surface area contributed by atoms with Gasteiger partial charge in [0.05, 0.1) is 13.1 Å². The molecule has 0 bridgehead atoms. The summed E-state index contributed by atoms with van der Waals surface area (Å²) in [6.07, 6.45) is 0. The van der Waals surface area contributed by atoms with E-state index in [1.807, 2.05) is 13.0 Å². The van der Waals surface area contributed by atoms with Crippen LogP contribution in [0.2, 0.25) is 0 Å². The zero-order valence-electron chi connectivity index (χ0n) is 15.4. The molecule has 156 valence electrons. The minimum Gasteiger partial charge on any atom is -0.369 e. The topological polar surface area (TPSA) is 90.7 Å². The molecule has 0 aromatic heterocycles. The van der Waals surface area contributed by atoms with E-state index >= 15 is 0 Å².